The molecule has 0 bridgehead atoms. The van der Waals surface area contributed by atoms with E-state index >= 15 is 0 Å². The molecule has 0 spiro atoms. The van der Waals surface area contributed by atoms with E-state index in [1.807, 2.05) is 42.5 Å². The summed E-state index contributed by atoms with van der Waals surface area (Å²) < 4.78 is 16.3. The van der Waals surface area contributed by atoms with Gasteiger partial charge in [0.15, 0.2) is 17.3 Å². The normalized spacial score (nSPS) is 19.1. The maximum atomic E-state index is 12.3. The van der Waals surface area contributed by atoms with E-state index in [0.29, 0.717) is 6.42 Å². The molecule has 2 aromatic rings. The lowest BCUT2D eigenvalue weighted by Gasteiger charge is -2.23. The highest BCUT2D eigenvalue weighted by molar-refractivity contribution is 5.99. The Kier molecular flexibility index (Phi) is 3.73. The van der Waals surface area contributed by atoms with Crippen LogP contribution in [0.3, 0.4) is 0 Å². The van der Waals surface area contributed by atoms with Gasteiger partial charge in [0.2, 0.25) is 6.79 Å². The van der Waals surface area contributed by atoms with Crippen molar-refractivity contribution in [3.05, 3.63) is 59.7 Å². The number of allylic oxidation sites excluding steroid dienone is 2. The molecule has 0 unspecified atom stereocenters. The van der Waals surface area contributed by atoms with Crippen LogP contribution >= 0.6 is 0 Å². The van der Waals surface area contributed by atoms with Gasteiger partial charge in [-0.3, -0.25) is 4.79 Å². The molecule has 0 N–H and O–H groups in total. The fourth-order valence-corrected chi connectivity index (χ4v) is 3.39. The molecule has 4 heteroatoms. The lowest BCUT2D eigenvalue weighted by molar-refractivity contribution is -0.115. The van der Waals surface area contributed by atoms with Crippen molar-refractivity contribution in [1.29, 1.82) is 0 Å². The van der Waals surface area contributed by atoms with Crippen molar-refractivity contribution in [3.63, 3.8) is 0 Å². The predicted molar refractivity (Wildman–Crippen MR) is 90.5 cm³/mol. The zero-order valence-electron chi connectivity index (χ0n) is 13.5. The van der Waals surface area contributed by atoms with E-state index in [0.717, 1.165) is 40.4 Å². The Balaban J connectivity index is 1.66. The summed E-state index contributed by atoms with van der Waals surface area (Å²) in [5.74, 6) is 2.60. The third-order valence-corrected chi connectivity index (χ3v) is 4.57. The molecule has 1 aliphatic carbocycles. The van der Waals surface area contributed by atoms with Crippen molar-refractivity contribution in [2.24, 2.45) is 0 Å². The van der Waals surface area contributed by atoms with Gasteiger partial charge in [0.05, 0.1) is 7.11 Å². The number of carbonyl (C=O) groups excluding carboxylic acids is 1. The van der Waals surface area contributed by atoms with Gasteiger partial charge in [-0.05, 0) is 47.8 Å². The Morgan fingerprint density at radius 2 is 1.88 bits per heavy atom. The summed E-state index contributed by atoms with van der Waals surface area (Å²) in [5.41, 5.74) is 3.11. The first-order valence-electron chi connectivity index (χ1n) is 8.01. The number of hydrogen-bond acceptors (Lipinski definition) is 4. The van der Waals surface area contributed by atoms with Crippen LogP contribution < -0.4 is 14.2 Å². The summed E-state index contributed by atoms with van der Waals surface area (Å²) in [6.07, 6.45) is 3.06. The van der Waals surface area contributed by atoms with Gasteiger partial charge in [0.25, 0.3) is 0 Å². The van der Waals surface area contributed by atoms with Crippen LogP contribution in [0.15, 0.2) is 48.5 Å². The molecule has 4 rings (SSSR count). The lowest BCUT2D eigenvalue weighted by Crippen LogP contribution is -2.12. The number of para-hydroxylation sites is 1. The third kappa shape index (κ3) is 2.64. The molecule has 0 amide bonds. The highest BCUT2D eigenvalue weighted by Gasteiger charge is 2.26. The molecular weight excluding hydrogens is 304 g/mol. The van der Waals surface area contributed by atoms with Crippen molar-refractivity contribution in [2.75, 3.05) is 13.9 Å². The maximum absolute atomic E-state index is 12.3. The van der Waals surface area contributed by atoms with Gasteiger partial charge in [-0.25, -0.2) is 0 Å². The average Bonchev–Trinajstić information content (AvgIpc) is 3.09. The van der Waals surface area contributed by atoms with Gasteiger partial charge in [0, 0.05) is 12.0 Å². The van der Waals surface area contributed by atoms with Gasteiger partial charge in [-0.2, -0.15) is 0 Å². The second kappa shape index (κ2) is 6.04. The van der Waals surface area contributed by atoms with Crippen molar-refractivity contribution in [1.82, 2.24) is 0 Å². The zero-order valence-corrected chi connectivity index (χ0v) is 13.5. The van der Waals surface area contributed by atoms with Crippen LogP contribution in [0, 0.1) is 0 Å². The Hall–Kier alpha value is -2.75. The minimum absolute atomic E-state index is 0.136. The molecule has 24 heavy (non-hydrogen) atoms. The van der Waals surface area contributed by atoms with Crippen molar-refractivity contribution < 1.29 is 19.0 Å². The highest BCUT2D eigenvalue weighted by atomic mass is 16.7. The molecular formula is C20H18O4. The van der Waals surface area contributed by atoms with Crippen molar-refractivity contribution in [2.45, 2.75) is 18.8 Å². The molecule has 2 aliphatic rings. The largest absolute Gasteiger partial charge is 0.496 e. The number of rotatable bonds is 3. The molecule has 4 nitrogen and oxygen atoms in total. The number of ether oxygens (including phenoxy) is 3. The molecule has 0 saturated carbocycles. The summed E-state index contributed by atoms with van der Waals surface area (Å²) in [4.78, 5) is 12.3. The standard InChI is InChI=1S/C20H18O4/c1-22-18-5-3-2-4-17(18)15-8-14(9-16(21)10-15)13-6-7-19-20(11-13)24-12-23-19/h2-7,10-11,14H,8-9,12H2,1H3/t14-/m1/s1. The number of benzene rings is 2. The van der Waals surface area contributed by atoms with Crippen molar-refractivity contribution >= 4 is 11.4 Å². The minimum atomic E-state index is 0.136. The van der Waals surface area contributed by atoms with Gasteiger partial charge in [-0.15, -0.1) is 0 Å². The van der Waals surface area contributed by atoms with Crippen LogP contribution in [0.25, 0.3) is 5.57 Å². The SMILES string of the molecule is COc1ccccc1C1=CC(=O)C[C@H](c2ccc3c(c2)OCO3)C1. The molecule has 0 aromatic heterocycles. The number of hydrogen-bond donors (Lipinski definition) is 0. The Morgan fingerprint density at radius 3 is 2.75 bits per heavy atom. The summed E-state index contributed by atoms with van der Waals surface area (Å²) in [5, 5.41) is 0. The number of ketones is 1. The molecule has 0 saturated heterocycles. The second-order valence-corrected chi connectivity index (χ2v) is 6.05. The van der Waals surface area contributed by atoms with Gasteiger partial charge < -0.3 is 14.2 Å². The summed E-state index contributed by atoms with van der Waals surface area (Å²) >= 11 is 0. The van der Waals surface area contributed by atoms with Crippen LogP contribution in [0.2, 0.25) is 0 Å². The molecule has 1 atom stereocenters. The zero-order chi connectivity index (χ0) is 16.5. The second-order valence-electron chi connectivity index (χ2n) is 6.05. The molecule has 0 fully saturated rings. The predicted octanol–water partition coefficient (Wildman–Crippen LogP) is 3.95. The molecule has 2 aromatic carbocycles. The highest BCUT2D eigenvalue weighted by Crippen LogP contribution is 2.41. The van der Waals surface area contributed by atoms with Gasteiger partial charge in [-0.1, -0.05) is 24.3 Å². The van der Waals surface area contributed by atoms with Crippen molar-refractivity contribution in [3.8, 4) is 17.2 Å². The first-order chi connectivity index (χ1) is 11.7. The molecule has 1 heterocycles. The minimum Gasteiger partial charge on any atom is -0.496 e. The average molecular weight is 322 g/mol. The van der Waals surface area contributed by atoms with Crippen LogP contribution in [0.1, 0.15) is 29.9 Å². The Bertz CT molecular complexity index is 822. The maximum Gasteiger partial charge on any atom is 0.231 e. The smallest absolute Gasteiger partial charge is 0.231 e. The molecule has 0 radical (unpaired) electrons. The summed E-state index contributed by atoms with van der Waals surface area (Å²) in [6, 6.07) is 13.8. The van der Waals surface area contributed by atoms with E-state index in [1.165, 1.54) is 0 Å². The summed E-state index contributed by atoms with van der Waals surface area (Å²) in [7, 11) is 1.65. The Labute approximate surface area is 140 Å². The number of carbonyl (C=O) groups is 1. The van der Waals surface area contributed by atoms with E-state index in [2.05, 4.69) is 0 Å². The fraction of sp³-hybridized carbons (Fsp3) is 0.250. The first kappa shape index (κ1) is 14.8. The van der Waals surface area contributed by atoms with Gasteiger partial charge >= 0.3 is 0 Å². The van der Waals surface area contributed by atoms with Gasteiger partial charge in [0.1, 0.15) is 5.75 Å². The quantitative estimate of drug-likeness (QED) is 0.858. The van der Waals surface area contributed by atoms with Crippen LogP contribution in [0.4, 0.5) is 0 Å². The van der Waals surface area contributed by atoms with Crippen LogP contribution in [-0.4, -0.2) is 19.7 Å². The fourth-order valence-electron chi connectivity index (χ4n) is 3.39. The molecule has 1 aliphatic heterocycles. The monoisotopic (exact) mass is 322 g/mol. The number of methoxy groups -OCH3 is 1. The van der Waals surface area contributed by atoms with E-state index in [4.69, 9.17) is 14.2 Å². The Morgan fingerprint density at radius 1 is 1.04 bits per heavy atom. The van der Waals surface area contributed by atoms with Crippen LogP contribution in [0.5, 0.6) is 17.2 Å². The third-order valence-electron chi connectivity index (χ3n) is 4.57. The summed E-state index contributed by atoms with van der Waals surface area (Å²) in [6.45, 7) is 0.259. The van der Waals surface area contributed by atoms with E-state index in [-0.39, 0.29) is 18.5 Å². The first-order valence-corrected chi connectivity index (χ1v) is 8.01. The van der Waals surface area contributed by atoms with E-state index in [9.17, 15) is 4.79 Å². The van der Waals surface area contributed by atoms with E-state index in [1.54, 1.807) is 13.2 Å². The topological polar surface area (TPSA) is 44.8 Å². The number of fused-ring (bicyclic) bond motifs is 1. The van der Waals surface area contributed by atoms with E-state index < -0.39 is 0 Å². The lowest BCUT2D eigenvalue weighted by atomic mass is 9.81. The molecule has 122 valence electrons. The van der Waals surface area contributed by atoms with Crippen LogP contribution in [-0.2, 0) is 4.79 Å².